The number of hydrogen-bond acceptors (Lipinski definition) is 4. The standard InChI is InChI=1S/C26H20ClF3N4O2/c1-2-12-33-24-23(20(26(28,29)30)14-21(31-24)16-6-4-3-5-7-16)34(25(33)35)15-19-13-22(32-36-19)17-8-10-18(27)11-9-17/h3-11,13-14H,2,12,15H2,1H3. The second-order valence-corrected chi connectivity index (χ2v) is 8.73. The highest BCUT2D eigenvalue weighted by molar-refractivity contribution is 6.30. The van der Waals surface area contributed by atoms with Gasteiger partial charge in [0, 0.05) is 28.8 Å². The Labute approximate surface area is 208 Å². The first-order valence-electron chi connectivity index (χ1n) is 11.2. The molecule has 36 heavy (non-hydrogen) atoms. The summed E-state index contributed by atoms with van der Waals surface area (Å²) in [6, 6.07) is 18.1. The molecule has 0 radical (unpaired) electrons. The maximum atomic E-state index is 14.3. The lowest BCUT2D eigenvalue weighted by molar-refractivity contribution is -0.136. The number of imidazole rings is 1. The van der Waals surface area contributed by atoms with Gasteiger partial charge >= 0.3 is 11.9 Å². The van der Waals surface area contributed by atoms with Gasteiger partial charge < -0.3 is 4.52 Å². The summed E-state index contributed by atoms with van der Waals surface area (Å²) in [6.07, 6.45) is -4.17. The molecule has 5 aromatic rings. The van der Waals surface area contributed by atoms with E-state index in [4.69, 9.17) is 16.1 Å². The smallest absolute Gasteiger partial charge is 0.359 e. The van der Waals surface area contributed by atoms with Gasteiger partial charge in [-0.2, -0.15) is 13.2 Å². The van der Waals surface area contributed by atoms with E-state index >= 15 is 0 Å². The van der Waals surface area contributed by atoms with Crippen LogP contribution < -0.4 is 5.69 Å². The monoisotopic (exact) mass is 512 g/mol. The maximum Gasteiger partial charge on any atom is 0.418 e. The molecule has 0 aliphatic carbocycles. The van der Waals surface area contributed by atoms with Crippen LogP contribution in [-0.2, 0) is 19.3 Å². The third kappa shape index (κ3) is 4.42. The molecule has 0 aliphatic rings. The van der Waals surface area contributed by atoms with E-state index in [2.05, 4.69) is 10.1 Å². The Bertz CT molecular complexity index is 1590. The van der Waals surface area contributed by atoms with E-state index < -0.39 is 17.4 Å². The Hall–Kier alpha value is -3.85. The highest BCUT2D eigenvalue weighted by atomic mass is 35.5. The van der Waals surface area contributed by atoms with Gasteiger partial charge in [-0.05, 0) is 24.6 Å². The number of benzene rings is 2. The lowest BCUT2D eigenvalue weighted by atomic mass is 10.1. The van der Waals surface area contributed by atoms with Crippen molar-refractivity contribution in [1.29, 1.82) is 0 Å². The molecule has 3 aromatic heterocycles. The van der Waals surface area contributed by atoms with E-state index in [0.29, 0.717) is 22.7 Å². The summed E-state index contributed by atoms with van der Waals surface area (Å²) in [5.74, 6) is 0.234. The predicted octanol–water partition coefficient (Wildman–Crippen LogP) is 6.65. The number of aryl methyl sites for hydroxylation is 1. The van der Waals surface area contributed by atoms with Crippen molar-refractivity contribution in [1.82, 2.24) is 19.3 Å². The molecular formula is C26H20ClF3N4O2. The highest BCUT2D eigenvalue weighted by Gasteiger charge is 2.37. The summed E-state index contributed by atoms with van der Waals surface area (Å²) < 4.78 is 50.7. The average Bonchev–Trinajstić information content (AvgIpc) is 3.43. The minimum absolute atomic E-state index is 0.0204. The number of aromatic nitrogens is 4. The largest absolute Gasteiger partial charge is 0.418 e. The van der Waals surface area contributed by atoms with Gasteiger partial charge in [0.15, 0.2) is 11.4 Å². The molecule has 0 N–H and O–H groups in total. The molecule has 3 heterocycles. The molecule has 184 valence electrons. The van der Waals surface area contributed by atoms with Crippen molar-refractivity contribution < 1.29 is 17.7 Å². The van der Waals surface area contributed by atoms with E-state index in [0.717, 1.165) is 16.2 Å². The summed E-state index contributed by atoms with van der Waals surface area (Å²) in [4.78, 5) is 17.9. The molecule has 0 atom stereocenters. The number of halogens is 4. The Morgan fingerprint density at radius 3 is 2.31 bits per heavy atom. The van der Waals surface area contributed by atoms with Gasteiger partial charge in [-0.1, -0.05) is 66.1 Å². The third-order valence-corrected chi connectivity index (χ3v) is 6.05. The van der Waals surface area contributed by atoms with Crippen LogP contribution in [0.25, 0.3) is 33.7 Å². The number of fused-ring (bicyclic) bond motifs is 1. The molecular weight excluding hydrogens is 493 g/mol. The van der Waals surface area contributed by atoms with E-state index in [1.807, 2.05) is 6.92 Å². The highest BCUT2D eigenvalue weighted by Crippen LogP contribution is 2.37. The van der Waals surface area contributed by atoms with Gasteiger partial charge in [-0.3, -0.25) is 9.13 Å². The van der Waals surface area contributed by atoms with Crippen LogP contribution in [0.15, 0.2) is 76.0 Å². The van der Waals surface area contributed by atoms with Crippen molar-refractivity contribution in [3.8, 4) is 22.5 Å². The molecule has 0 saturated heterocycles. The van der Waals surface area contributed by atoms with Crippen LogP contribution >= 0.6 is 11.6 Å². The lowest BCUT2D eigenvalue weighted by Gasteiger charge is -2.12. The fourth-order valence-electron chi connectivity index (χ4n) is 4.16. The Balaban J connectivity index is 1.68. The average molecular weight is 513 g/mol. The molecule has 6 nitrogen and oxygen atoms in total. The Morgan fingerprint density at radius 1 is 0.944 bits per heavy atom. The van der Waals surface area contributed by atoms with Gasteiger partial charge in [0.2, 0.25) is 0 Å². The van der Waals surface area contributed by atoms with Crippen LogP contribution in [0.4, 0.5) is 13.2 Å². The van der Waals surface area contributed by atoms with Crippen LogP contribution in [-0.4, -0.2) is 19.3 Å². The first-order chi connectivity index (χ1) is 17.3. The van der Waals surface area contributed by atoms with Gasteiger partial charge in [0.25, 0.3) is 0 Å². The minimum Gasteiger partial charge on any atom is -0.359 e. The van der Waals surface area contributed by atoms with Crippen molar-refractivity contribution in [3.63, 3.8) is 0 Å². The van der Waals surface area contributed by atoms with E-state index in [1.54, 1.807) is 60.7 Å². The first-order valence-corrected chi connectivity index (χ1v) is 11.6. The number of pyridine rings is 1. The van der Waals surface area contributed by atoms with Gasteiger partial charge in [0.1, 0.15) is 11.2 Å². The lowest BCUT2D eigenvalue weighted by Crippen LogP contribution is -2.25. The van der Waals surface area contributed by atoms with Crippen molar-refractivity contribution >= 4 is 22.8 Å². The van der Waals surface area contributed by atoms with Crippen molar-refractivity contribution in [3.05, 3.63) is 93.6 Å². The minimum atomic E-state index is -4.72. The molecule has 0 unspecified atom stereocenters. The summed E-state index contributed by atoms with van der Waals surface area (Å²) in [6.45, 7) is 1.83. The predicted molar refractivity (Wildman–Crippen MR) is 131 cm³/mol. The van der Waals surface area contributed by atoms with Crippen LogP contribution in [0.1, 0.15) is 24.7 Å². The molecule has 0 aliphatic heterocycles. The van der Waals surface area contributed by atoms with Crippen molar-refractivity contribution in [2.45, 2.75) is 32.6 Å². The SMILES string of the molecule is CCCn1c(=O)n(Cc2cc(-c3ccc(Cl)cc3)no2)c2c(C(F)(F)F)cc(-c3ccccc3)nc21. The zero-order chi connectivity index (χ0) is 25.4. The summed E-state index contributed by atoms with van der Waals surface area (Å²) in [5.41, 5.74) is 0.0271. The molecule has 0 amide bonds. The maximum absolute atomic E-state index is 14.3. The van der Waals surface area contributed by atoms with Gasteiger partial charge in [-0.25, -0.2) is 9.78 Å². The number of rotatable bonds is 6. The van der Waals surface area contributed by atoms with Crippen molar-refractivity contribution in [2.75, 3.05) is 0 Å². The van der Waals surface area contributed by atoms with Crippen LogP contribution in [0.5, 0.6) is 0 Å². The van der Waals surface area contributed by atoms with E-state index in [9.17, 15) is 18.0 Å². The van der Waals surface area contributed by atoms with E-state index in [1.165, 1.54) is 4.57 Å². The molecule has 5 rings (SSSR count). The molecule has 10 heteroatoms. The molecule has 0 saturated carbocycles. The Kier molecular flexibility index (Phi) is 6.17. The fourth-order valence-corrected chi connectivity index (χ4v) is 4.28. The normalized spacial score (nSPS) is 11.9. The van der Waals surface area contributed by atoms with Crippen LogP contribution in [0, 0.1) is 0 Å². The Morgan fingerprint density at radius 2 is 1.64 bits per heavy atom. The third-order valence-electron chi connectivity index (χ3n) is 5.80. The van der Waals surface area contributed by atoms with Gasteiger partial charge in [0.05, 0.1) is 17.8 Å². The molecule has 2 aromatic carbocycles. The first kappa shape index (κ1) is 23.9. The second kappa shape index (κ2) is 9.31. The summed E-state index contributed by atoms with van der Waals surface area (Å²) in [7, 11) is 0. The van der Waals surface area contributed by atoms with Crippen LogP contribution in [0.2, 0.25) is 5.02 Å². The molecule has 0 bridgehead atoms. The second-order valence-electron chi connectivity index (χ2n) is 8.30. The topological polar surface area (TPSA) is 65.8 Å². The number of alkyl halides is 3. The van der Waals surface area contributed by atoms with Crippen molar-refractivity contribution in [2.24, 2.45) is 0 Å². The zero-order valence-electron chi connectivity index (χ0n) is 19.1. The number of nitrogens with zero attached hydrogens (tertiary/aromatic N) is 4. The zero-order valence-corrected chi connectivity index (χ0v) is 19.8. The van der Waals surface area contributed by atoms with E-state index in [-0.39, 0.29) is 35.7 Å². The quantitative estimate of drug-likeness (QED) is 0.255. The molecule has 0 fully saturated rings. The number of hydrogen-bond donors (Lipinski definition) is 0. The van der Waals surface area contributed by atoms with Crippen LogP contribution in [0.3, 0.4) is 0 Å². The summed E-state index contributed by atoms with van der Waals surface area (Å²) >= 11 is 5.93. The fraction of sp³-hybridized carbons (Fsp3) is 0.192. The van der Waals surface area contributed by atoms with Gasteiger partial charge in [-0.15, -0.1) is 0 Å². The molecule has 0 spiro atoms. The summed E-state index contributed by atoms with van der Waals surface area (Å²) in [5, 5.41) is 4.57.